The van der Waals surface area contributed by atoms with Crippen LogP contribution in [0.2, 0.25) is 0 Å². The number of pyridine rings is 2. The molecule has 146 valence electrons. The van der Waals surface area contributed by atoms with Crippen molar-refractivity contribution >= 4 is 15.9 Å². The number of fused-ring (bicyclic) bond motifs is 1. The Bertz CT molecular complexity index is 1000. The molecule has 5 heterocycles. The molecular formula is C19H20N4O4S. The normalized spacial score (nSPS) is 30.9. The maximum absolute atomic E-state index is 13.2. The smallest absolute Gasteiger partial charge is 0.255 e. The number of aromatic nitrogens is 2. The Balaban J connectivity index is 1.42. The van der Waals surface area contributed by atoms with Gasteiger partial charge >= 0.3 is 0 Å². The predicted molar refractivity (Wildman–Crippen MR) is 99.7 cm³/mol. The average Bonchev–Trinajstić information content (AvgIpc) is 3.08. The molecule has 3 aliphatic rings. The highest BCUT2D eigenvalue weighted by molar-refractivity contribution is 7.90. The van der Waals surface area contributed by atoms with Crippen molar-refractivity contribution in [3.8, 4) is 0 Å². The second kappa shape index (κ2) is 6.33. The van der Waals surface area contributed by atoms with E-state index in [4.69, 9.17) is 4.74 Å². The lowest BCUT2D eigenvalue weighted by Gasteiger charge is -2.39. The van der Waals surface area contributed by atoms with E-state index in [-0.39, 0.29) is 31.6 Å². The maximum Gasteiger partial charge on any atom is 0.255 e. The van der Waals surface area contributed by atoms with Gasteiger partial charge in [0.05, 0.1) is 18.2 Å². The maximum atomic E-state index is 13.2. The van der Waals surface area contributed by atoms with E-state index in [0.29, 0.717) is 18.5 Å². The summed E-state index contributed by atoms with van der Waals surface area (Å²) in [5.41, 5.74) is 0.463. The largest absolute Gasteiger partial charge is 0.365 e. The number of likely N-dealkylation sites (tertiary alicyclic amines) is 1. The van der Waals surface area contributed by atoms with Gasteiger partial charge in [0.1, 0.15) is 10.9 Å². The second-order valence-electron chi connectivity index (χ2n) is 7.63. The standard InChI is InChI=1S/C19H20N4O4S/c24-18(15-4-2-6-21-9-15)22-11-16-7-17-19(12-22,27-16)13-23(28(17,25)26)10-14-3-1-5-20-8-14/h1-6,8-9,16-17H,7,10-13H2/t16-,17+,19+/m1/s1. The van der Waals surface area contributed by atoms with Crippen molar-refractivity contribution in [1.29, 1.82) is 0 Å². The molecule has 28 heavy (non-hydrogen) atoms. The Hall–Kier alpha value is -2.36. The molecule has 2 aromatic heterocycles. The number of nitrogens with zero attached hydrogens (tertiary/aromatic N) is 4. The molecule has 0 aromatic carbocycles. The zero-order valence-corrected chi connectivity index (χ0v) is 16.0. The van der Waals surface area contributed by atoms with Crippen LogP contribution in [0.25, 0.3) is 0 Å². The van der Waals surface area contributed by atoms with Crippen molar-refractivity contribution in [3.63, 3.8) is 0 Å². The average molecular weight is 400 g/mol. The first-order valence-electron chi connectivity index (χ1n) is 9.23. The topological polar surface area (TPSA) is 92.7 Å². The van der Waals surface area contributed by atoms with Crippen LogP contribution in [0.4, 0.5) is 0 Å². The summed E-state index contributed by atoms with van der Waals surface area (Å²) in [5, 5.41) is -0.617. The molecule has 3 atom stereocenters. The monoisotopic (exact) mass is 400 g/mol. The van der Waals surface area contributed by atoms with Gasteiger partial charge in [-0.05, 0) is 30.2 Å². The molecule has 0 unspecified atom stereocenters. The van der Waals surface area contributed by atoms with Crippen molar-refractivity contribution < 1.29 is 17.9 Å². The van der Waals surface area contributed by atoms with Gasteiger partial charge in [0.2, 0.25) is 10.0 Å². The SMILES string of the molecule is O=C(c1cccnc1)N1C[C@H]2C[C@H]3[C@](C1)(CN(Cc1cccnc1)S3(=O)=O)O2. The summed E-state index contributed by atoms with van der Waals surface area (Å²) < 4.78 is 34.0. The van der Waals surface area contributed by atoms with Crippen LogP contribution in [0.15, 0.2) is 49.1 Å². The van der Waals surface area contributed by atoms with E-state index in [0.717, 1.165) is 5.56 Å². The summed E-state index contributed by atoms with van der Waals surface area (Å²) in [7, 11) is -3.51. The highest BCUT2D eigenvalue weighted by Crippen LogP contribution is 2.47. The minimum atomic E-state index is -3.51. The Labute approximate surface area is 163 Å². The van der Waals surface area contributed by atoms with Crippen molar-refractivity contribution in [3.05, 3.63) is 60.2 Å². The molecule has 0 aliphatic carbocycles. The number of morpholine rings is 1. The van der Waals surface area contributed by atoms with Crippen LogP contribution in [-0.4, -0.2) is 70.1 Å². The quantitative estimate of drug-likeness (QED) is 0.752. The molecule has 1 amide bonds. The van der Waals surface area contributed by atoms with Crippen LogP contribution in [0, 0.1) is 0 Å². The van der Waals surface area contributed by atoms with Crippen LogP contribution in [0.5, 0.6) is 0 Å². The Morgan fingerprint density at radius 1 is 1.18 bits per heavy atom. The Morgan fingerprint density at radius 2 is 1.96 bits per heavy atom. The fraction of sp³-hybridized carbons (Fsp3) is 0.421. The molecule has 2 aromatic rings. The molecule has 9 heteroatoms. The van der Waals surface area contributed by atoms with E-state index in [1.807, 2.05) is 6.07 Å². The predicted octanol–water partition coefficient (Wildman–Crippen LogP) is 0.674. The Morgan fingerprint density at radius 3 is 2.68 bits per heavy atom. The number of amides is 1. The minimum absolute atomic E-state index is 0.135. The minimum Gasteiger partial charge on any atom is -0.365 e. The van der Waals surface area contributed by atoms with Crippen molar-refractivity contribution in [2.24, 2.45) is 0 Å². The first kappa shape index (κ1) is 17.7. The molecule has 3 saturated heterocycles. The third-order valence-corrected chi connectivity index (χ3v) is 8.11. The van der Waals surface area contributed by atoms with Crippen LogP contribution in [0.3, 0.4) is 0 Å². The number of sulfonamides is 1. The van der Waals surface area contributed by atoms with Crippen LogP contribution in [0.1, 0.15) is 22.3 Å². The van der Waals surface area contributed by atoms with Gasteiger partial charge < -0.3 is 9.64 Å². The summed E-state index contributed by atoms with van der Waals surface area (Å²) in [5.74, 6) is -0.135. The molecule has 1 spiro atoms. The number of ether oxygens (including phenoxy) is 1. The fourth-order valence-corrected chi connectivity index (χ4v) is 6.90. The first-order valence-corrected chi connectivity index (χ1v) is 10.7. The fourth-order valence-electron chi connectivity index (χ4n) is 4.61. The third kappa shape index (κ3) is 2.73. The third-order valence-electron chi connectivity index (χ3n) is 5.79. The van der Waals surface area contributed by atoms with Crippen LogP contribution >= 0.6 is 0 Å². The van der Waals surface area contributed by atoms with E-state index in [9.17, 15) is 13.2 Å². The lowest BCUT2D eigenvalue weighted by molar-refractivity contribution is -0.0980. The summed E-state index contributed by atoms with van der Waals surface area (Å²) in [6, 6.07) is 7.09. The van der Waals surface area contributed by atoms with Crippen LogP contribution < -0.4 is 0 Å². The van der Waals surface area contributed by atoms with Crippen LogP contribution in [-0.2, 0) is 21.3 Å². The molecular weight excluding hydrogens is 380 g/mol. The molecule has 8 nitrogen and oxygen atoms in total. The van der Waals surface area contributed by atoms with Crippen molar-refractivity contribution in [1.82, 2.24) is 19.2 Å². The van der Waals surface area contributed by atoms with Gasteiger partial charge in [-0.15, -0.1) is 0 Å². The van der Waals surface area contributed by atoms with E-state index < -0.39 is 20.9 Å². The molecule has 3 fully saturated rings. The number of hydrogen-bond acceptors (Lipinski definition) is 6. The number of carbonyl (C=O) groups excluding carboxylic acids is 1. The number of rotatable bonds is 3. The van der Waals surface area contributed by atoms with Gasteiger partial charge in [-0.1, -0.05) is 6.07 Å². The van der Waals surface area contributed by atoms with E-state index in [2.05, 4.69) is 9.97 Å². The van der Waals surface area contributed by atoms with Crippen molar-refractivity contribution in [2.45, 2.75) is 29.9 Å². The van der Waals surface area contributed by atoms with E-state index in [1.54, 1.807) is 41.7 Å². The highest BCUT2D eigenvalue weighted by atomic mass is 32.2. The first-order chi connectivity index (χ1) is 13.5. The molecule has 2 bridgehead atoms. The summed E-state index contributed by atoms with van der Waals surface area (Å²) in [4.78, 5) is 22.7. The summed E-state index contributed by atoms with van der Waals surface area (Å²) in [6.45, 7) is 1.19. The number of hydrogen-bond donors (Lipinski definition) is 0. The van der Waals surface area contributed by atoms with E-state index >= 15 is 0 Å². The van der Waals surface area contributed by atoms with E-state index in [1.165, 1.54) is 10.5 Å². The van der Waals surface area contributed by atoms with Gasteiger partial charge in [-0.25, -0.2) is 8.42 Å². The highest BCUT2D eigenvalue weighted by Gasteiger charge is 2.65. The van der Waals surface area contributed by atoms with Gasteiger partial charge in [0.15, 0.2) is 0 Å². The lowest BCUT2D eigenvalue weighted by atomic mass is 9.99. The Kier molecular flexibility index (Phi) is 4.01. The van der Waals surface area contributed by atoms with Gasteiger partial charge in [0, 0.05) is 44.4 Å². The summed E-state index contributed by atoms with van der Waals surface area (Å²) in [6.07, 6.45) is 6.65. The number of carbonyl (C=O) groups is 1. The van der Waals surface area contributed by atoms with Crippen molar-refractivity contribution in [2.75, 3.05) is 19.6 Å². The van der Waals surface area contributed by atoms with Gasteiger partial charge in [0.25, 0.3) is 5.91 Å². The zero-order chi connectivity index (χ0) is 19.4. The zero-order valence-electron chi connectivity index (χ0n) is 15.1. The second-order valence-corrected chi connectivity index (χ2v) is 9.75. The molecule has 0 saturated carbocycles. The molecule has 5 rings (SSSR count). The van der Waals surface area contributed by atoms with Gasteiger partial charge in [-0.3, -0.25) is 14.8 Å². The molecule has 0 N–H and O–H groups in total. The summed E-state index contributed by atoms with van der Waals surface area (Å²) >= 11 is 0. The molecule has 0 radical (unpaired) electrons. The molecule has 3 aliphatic heterocycles. The van der Waals surface area contributed by atoms with Gasteiger partial charge in [-0.2, -0.15) is 4.31 Å². The lowest BCUT2D eigenvalue weighted by Crippen LogP contribution is -2.56.